The molecule has 2 aromatic rings. The molecule has 10 heteroatoms. The highest BCUT2D eigenvalue weighted by atomic mass is 35.5. The number of carbonyl (C=O) groups excluding carboxylic acids is 2. The van der Waals surface area contributed by atoms with Crippen molar-refractivity contribution in [3.63, 3.8) is 0 Å². The van der Waals surface area contributed by atoms with Gasteiger partial charge in [-0.05, 0) is 37.5 Å². The minimum absolute atomic E-state index is 0.0311. The number of ether oxygens (including phenoxy) is 1. The van der Waals surface area contributed by atoms with E-state index < -0.39 is 11.7 Å². The number of nitrogens with one attached hydrogen (secondary N) is 1. The lowest BCUT2D eigenvalue weighted by molar-refractivity contribution is 0.00674. The number of rotatable bonds is 3. The number of anilines is 2. The number of amides is 2. The van der Waals surface area contributed by atoms with Crippen LogP contribution in [0, 0.1) is 11.2 Å². The zero-order chi connectivity index (χ0) is 21.6. The number of halogens is 2. The van der Waals surface area contributed by atoms with Crippen LogP contribution >= 0.6 is 11.6 Å². The van der Waals surface area contributed by atoms with Crippen LogP contribution < -0.4 is 11.1 Å². The van der Waals surface area contributed by atoms with Gasteiger partial charge in [0, 0.05) is 37.2 Å². The van der Waals surface area contributed by atoms with E-state index in [0.717, 1.165) is 19.3 Å². The van der Waals surface area contributed by atoms with Crippen molar-refractivity contribution in [2.24, 2.45) is 12.5 Å². The number of methoxy groups -OCH3 is 1. The van der Waals surface area contributed by atoms with Gasteiger partial charge in [0.1, 0.15) is 17.2 Å². The number of likely N-dealkylation sites (tertiary alicyclic amines) is 1. The number of nitrogens with zero attached hydrogens (tertiary/aromatic N) is 3. The van der Waals surface area contributed by atoms with Crippen LogP contribution in [0.3, 0.4) is 0 Å². The second-order valence-corrected chi connectivity index (χ2v) is 8.53. The summed E-state index contributed by atoms with van der Waals surface area (Å²) in [5.41, 5.74) is 7.53. The highest BCUT2D eigenvalue weighted by Crippen LogP contribution is 2.52. The number of hydrogen-bond donors (Lipinski definition) is 2. The summed E-state index contributed by atoms with van der Waals surface area (Å²) in [6, 6.07) is 3.98. The molecule has 1 spiro atoms. The van der Waals surface area contributed by atoms with E-state index in [9.17, 15) is 14.0 Å². The molecular weight excluding hydrogens is 413 g/mol. The van der Waals surface area contributed by atoms with Gasteiger partial charge in [0.05, 0.1) is 17.8 Å². The largest absolute Gasteiger partial charge is 0.453 e. The van der Waals surface area contributed by atoms with Crippen molar-refractivity contribution in [3.8, 4) is 0 Å². The topological polar surface area (TPSA) is 102 Å². The van der Waals surface area contributed by atoms with E-state index in [1.165, 1.54) is 30.0 Å². The maximum atomic E-state index is 13.4. The Morgan fingerprint density at radius 1 is 1.40 bits per heavy atom. The van der Waals surface area contributed by atoms with E-state index in [4.69, 9.17) is 22.1 Å². The van der Waals surface area contributed by atoms with Crippen molar-refractivity contribution in [1.82, 2.24) is 14.7 Å². The molecule has 1 atom stereocenters. The van der Waals surface area contributed by atoms with Crippen LogP contribution in [0.25, 0.3) is 0 Å². The Bertz CT molecular complexity index is 1020. The van der Waals surface area contributed by atoms with Crippen LogP contribution in [0.2, 0.25) is 5.02 Å². The number of nitrogen functional groups attached to an aromatic ring is 1. The second kappa shape index (κ2) is 7.46. The molecule has 1 saturated carbocycles. The summed E-state index contributed by atoms with van der Waals surface area (Å²) in [4.78, 5) is 26.4. The Hall–Kier alpha value is -2.81. The first kappa shape index (κ1) is 20.5. The van der Waals surface area contributed by atoms with Crippen LogP contribution in [-0.4, -0.2) is 46.9 Å². The maximum absolute atomic E-state index is 13.4. The zero-order valence-electron chi connectivity index (χ0n) is 16.7. The lowest BCUT2D eigenvalue weighted by Gasteiger charge is -2.47. The predicted molar refractivity (Wildman–Crippen MR) is 110 cm³/mol. The number of aromatic nitrogens is 2. The standard InChI is InChI=1S/C20H23ClFN5O3/c1-26-17(23)15(18(28)24-12-3-4-14(22)13(21)7-12)16(25-26)11-5-6-20(8-11)9-27(10-20)19(29)30-2/h3-4,7,11H,5-6,8-10,23H2,1-2H3,(H,24,28). The smallest absolute Gasteiger partial charge is 0.409 e. The summed E-state index contributed by atoms with van der Waals surface area (Å²) in [6.45, 7) is 1.29. The van der Waals surface area contributed by atoms with Gasteiger partial charge in [0.2, 0.25) is 0 Å². The third kappa shape index (κ3) is 3.47. The van der Waals surface area contributed by atoms with E-state index in [2.05, 4.69) is 10.4 Å². The Morgan fingerprint density at radius 3 is 2.80 bits per heavy atom. The molecule has 1 aromatic carbocycles. The van der Waals surface area contributed by atoms with Crippen molar-refractivity contribution in [3.05, 3.63) is 40.3 Å². The molecule has 2 heterocycles. The van der Waals surface area contributed by atoms with E-state index in [0.29, 0.717) is 30.0 Å². The first-order chi connectivity index (χ1) is 14.2. The molecule has 1 aliphatic heterocycles. The molecule has 1 saturated heterocycles. The van der Waals surface area contributed by atoms with Gasteiger partial charge in [-0.15, -0.1) is 0 Å². The Labute approximate surface area is 178 Å². The Balaban J connectivity index is 1.53. The molecule has 160 valence electrons. The monoisotopic (exact) mass is 435 g/mol. The first-order valence-corrected chi connectivity index (χ1v) is 10.0. The van der Waals surface area contributed by atoms with E-state index in [1.54, 1.807) is 11.9 Å². The summed E-state index contributed by atoms with van der Waals surface area (Å²) in [6.07, 6.45) is 2.30. The second-order valence-electron chi connectivity index (χ2n) is 8.12. The lowest BCUT2D eigenvalue weighted by atomic mass is 9.77. The van der Waals surface area contributed by atoms with Crippen molar-refractivity contribution in [2.75, 3.05) is 31.2 Å². The van der Waals surface area contributed by atoms with Crippen molar-refractivity contribution < 1.29 is 18.7 Å². The molecule has 8 nitrogen and oxygen atoms in total. The molecule has 0 radical (unpaired) electrons. The van der Waals surface area contributed by atoms with Gasteiger partial charge in [-0.3, -0.25) is 9.48 Å². The van der Waals surface area contributed by atoms with Crippen molar-refractivity contribution in [2.45, 2.75) is 25.2 Å². The average molecular weight is 436 g/mol. The van der Waals surface area contributed by atoms with E-state index in [-0.39, 0.29) is 28.3 Å². The molecule has 1 aliphatic carbocycles. The normalized spacial score (nSPS) is 19.6. The number of carbonyl (C=O) groups is 2. The Morgan fingerprint density at radius 2 is 2.13 bits per heavy atom. The van der Waals surface area contributed by atoms with Crippen molar-refractivity contribution >= 4 is 35.1 Å². The highest BCUT2D eigenvalue weighted by molar-refractivity contribution is 6.31. The molecule has 1 unspecified atom stereocenters. The minimum atomic E-state index is -0.561. The molecule has 1 aromatic heterocycles. The molecule has 2 amide bonds. The average Bonchev–Trinajstić information content (AvgIpc) is 3.25. The first-order valence-electron chi connectivity index (χ1n) is 9.65. The van der Waals surface area contributed by atoms with Gasteiger partial charge in [0.15, 0.2) is 0 Å². The number of benzene rings is 1. The van der Waals surface area contributed by atoms with E-state index in [1.807, 2.05) is 0 Å². The van der Waals surface area contributed by atoms with Crippen molar-refractivity contribution in [1.29, 1.82) is 0 Å². The van der Waals surface area contributed by atoms with Gasteiger partial charge < -0.3 is 20.7 Å². The molecule has 2 aliphatic rings. The SMILES string of the molecule is COC(=O)N1CC2(CCC(c3nn(C)c(N)c3C(=O)Nc3ccc(F)c(Cl)c3)C2)C1. The number of hydrogen-bond acceptors (Lipinski definition) is 5. The number of aryl methyl sites for hydroxylation is 1. The lowest BCUT2D eigenvalue weighted by Crippen LogP contribution is -2.57. The summed E-state index contributed by atoms with van der Waals surface area (Å²) < 4.78 is 19.7. The third-order valence-corrected chi connectivity index (χ3v) is 6.39. The van der Waals surface area contributed by atoms with Gasteiger partial charge in [0.25, 0.3) is 5.91 Å². The summed E-state index contributed by atoms with van der Waals surface area (Å²) in [5.74, 6) is -0.648. The summed E-state index contributed by atoms with van der Waals surface area (Å²) >= 11 is 5.81. The number of nitrogens with two attached hydrogens (primary N) is 1. The minimum Gasteiger partial charge on any atom is -0.453 e. The molecular formula is C20H23ClFN5O3. The molecule has 2 fully saturated rings. The molecule has 0 bridgehead atoms. The van der Waals surface area contributed by atoms with Crippen LogP contribution in [0.15, 0.2) is 18.2 Å². The zero-order valence-corrected chi connectivity index (χ0v) is 17.5. The van der Waals surface area contributed by atoms with Gasteiger partial charge in [-0.25, -0.2) is 9.18 Å². The summed E-state index contributed by atoms with van der Waals surface area (Å²) in [5, 5.41) is 7.17. The third-order valence-electron chi connectivity index (χ3n) is 6.10. The molecule has 3 N–H and O–H groups in total. The van der Waals surface area contributed by atoms with Gasteiger partial charge >= 0.3 is 6.09 Å². The van der Waals surface area contributed by atoms with Gasteiger partial charge in [-0.2, -0.15) is 5.10 Å². The van der Waals surface area contributed by atoms with Crippen LogP contribution in [0.4, 0.5) is 20.7 Å². The van der Waals surface area contributed by atoms with E-state index >= 15 is 0 Å². The molecule has 30 heavy (non-hydrogen) atoms. The highest BCUT2D eigenvalue weighted by Gasteiger charge is 2.51. The summed E-state index contributed by atoms with van der Waals surface area (Å²) in [7, 11) is 3.07. The quantitative estimate of drug-likeness (QED) is 0.769. The predicted octanol–water partition coefficient (Wildman–Crippen LogP) is 3.38. The maximum Gasteiger partial charge on any atom is 0.409 e. The Kier molecular flexibility index (Phi) is 5.09. The fourth-order valence-electron chi connectivity index (χ4n) is 4.59. The van der Waals surface area contributed by atoms with Gasteiger partial charge in [-0.1, -0.05) is 11.6 Å². The van der Waals surface area contributed by atoms with Crippen LogP contribution in [0.5, 0.6) is 0 Å². The van der Waals surface area contributed by atoms with Crippen LogP contribution in [0.1, 0.15) is 41.2 Å². The molecule has 4 rings (SSSR count). The van der Waals surface area contributed by atoms with Crippen LogP contribution in [-0.2, 0) is 11.8 Å². The fourth-order valence-corrected chi connectivity index (χ4v) is 4.77. The fraction of sp³-hybridized carbons (Fsp3) is 0.450.